The molecule has 1 rings (SSSR count). The van der Waals surface area contributed by atoms with Crippen LogP contribution in [0, 0.1) is 0 Å². The Kier molecular flexibility index (Phi) is 3.36. The van der Waals surface area contributed by atoms with E-state index < -0.39 is 0 Å². The fraction of sp³-hybridized carbons (Fsp3) is 0.875. The maximum absolute atomic E-state index is 10.8. The molecule has 0 bridgehead atoms. The van der Waals surface area contributed by atoms with Crippen LogP contribution in [-0.2, 0) is 9.53 Å². The van der Waals surface area contributed by atoms with Crippen LogP contribution < -0.4 is 5.32 Å². The first-order chi connectivity index (χ1) is 5.33. The molecule has 1 saturated heterocycles. The van der Waals surface area contributed by atoms with Crippen molar-refractivity contribution in [2.24, 2.45) is 0 Å². The van der Waals surface area contributed by atoms with E-state index in [1.165, 1.54) is 0 Å². The van der Waals surface area contributed by atoms with E-state index in [0.29, 0.717) is 6.42 Å². The van der Waals surface area contributed by atoms with E-state index in [1.807, 2.05) is 6.92 Å². The Bertz CT molecular complexity index is 130. The lowest BCUT2D eigenvalue weighted by atomic mass is 10.1. The Morgan fingerprint density at radius 3 is 3.09 bits per heavy atom. The number of piperidine rings is 1. The third-order valence-electron chi connectivity index (χ3n) is 1.84. The molecular formula is C8H15NO2. The molecule has 1 aliphatic heterocycles. The molecule has 0 amide bonds. The van der Waals surface area contributed by atoms with Crippen LogP contribution in [0.2, 0.25) is 0 Å². The number of carbonyl (C=O) groups is 1. The summed E-state index contributed by atoms with van der Waals surface area (Å²) in [6, 6.07) is 0. The van der Waals surface area contributed by atoms with Crippen molar-refractivity contribution < 1.29 is 9.53 Å². The maximum Gasteiger partial charge on any atom is 0.305 e. The van der Waals surface area contributed by atoms with Gasteiger partial charge in [0.2, 0.25) is 0 Å². The molecule has 0 spiro atoms. The predicted molar refractivity (Wildman–Crippen MR) is 42.3 cm³/mol. The average Bonchev–Trinajstić information content (AvgIpc) is 2.06. The summed E-state index contributed by atoms with van der Waals surface area (Å²) in [5.41, 5.74) is 0. The van der Waals surface area contributed by atoms with Gasteiger partial charge in [-0.3, -0.25) is 4.79 Å². The van der Waals surface area contributed by atoms with Crippen molar-refractivity contribution in [2.75, 3.05) is 13.1 Å². The molecule has 3 heteroatoms. The molecule has 0 aromatic rings. The van der Waals surface area contributed by atoms with E-state index in [9.17, 15) is 4.79 Å². The SMILES string of the molecule is CCC(=O)O[C@H]1CCCNC1. The number of ether oxygens (including phenoxy) is 1. The lowest BCUT2D eigenvalue weighted by molar-refractivity contribution is -0.149. The van der Waals surface area contributed by atoms with Gasteiger partial charge < -0.3 is 10.1 Å². The van der Waals surface area contributed by atoms with Crippen LogP contribution in [0.25, 0.3) is 0 Å². The van der Waals surface area contributed by atoms with Crippen molar-refractivity contribution >= 4 is 5.97 Å². The van der Waals surface area contributed by atoms with E-state index in [0.717, 1.165) is 25.9 Å². The topological polar surface area (TPSA) is 38.3 Å². The first-order valence-corrected chi connectivity index (χ1v) is 4.23. The van der Waals surface area contributed by atoms with Crippen molar-refractivity contribution in [1.29, 1.82) is 0 Å². The van der Waals surface area contributed by atoms with Gasteiger partial charge in [-0.2, -0.15) is 0 Å². The van der Waals surface area contributed by atoms with E-state index in [1.54, 1.807) is 0 Å². The van der Waals surface area contributed by atoms with Crippen molar-refractivity contribution in [3.05, 3.63) is 0 Å². The molecular weight excluding hydrogens is 142 g/mol. The normalized spacial score (nSPS) is 24.6. The summed E-state index contributed by atoms with van der Waals surface area (Å²) in [5, 5.41) is 3.19. The number of carbonyl (C=O) groups excluding carboxylic acids is 1. The summed E-state index contributed by atoms with van der Waals surface area (Å²) in [7, 11) is 0. The molecule has 0 aliphatic carbocycles. The van der Waals surface area contributed by atoms with Gasteiger partial charge in [-0.15, -0.1) is 0 Å². The van der Waals surface area contributed by atoms with E-state index >= 15 is 0 Å². The first-order valence-electron chi connectivity index (χ1n) is 4.23. The van der Waals surface area contributed by atoms with Crippen LogP contribution in [0.15, 0.2) is 0 Å². The number of hydrogen-bond donors (Lipinski definition) is 1. The van der Waals surface area contributed by atoms with Gasteiger partial charge in [-0.25, -0.2) is 0 Å². The van der Waals surface area contributed by atoms with Crippen LogP contribution in [-0.4, -0.2) is 25.2 Å². The van der Waals surface area contributed by atoms with Crippen molar-refractivity contribution in [2.45, 2.75) is 32.3 Å². The zero-order chi connectivity index (χ0) is 8.10. The molecule has 64 valence electrons. The van der Waals surface area contributed by atoms with Gasteiger partial charge >= 0.3 is 5.97 Å². The van der Waals surface area contributed by atoms with Gasteiger partial charge in [0, 0.05) is 13.0 Å². The molecule has 0 radical (unpaired) electrons. The number of hydrogen-bond acceptors (Lipinski definition) is 3. The highest BCUT2D eigenvalue weighted by Crippen LogP contribution is 2.06. The van der Waals surface area contributed by atoms with Crippen LogP contribution >= 0.6 is 0 Å². The number of esters is 1. The lowest BCUT2D eigenvalue weighted by Gasteiger charge is -2.22. The molecule has 0 aromatic carbocycles. The summed E-state index contributed by atoms with van der Waals surface area (Å²) in [6.07, 6.45) is 2.73. The highest BCUT2D eigenvalue weighted by molar-refractivity contribution is 5.69. The first kappa shape index (κ1) is 8.53. The van der Waals surface area contributed by atoms with Crippen LogP contribution in [0.5, 0.6) is 0 Å². The minimum absolute atomic E-state index is 0.0845. The summed E-state index contributed by atoms with van der Waals surface area (Å²) in [5.74, 6) is -0.0845. The lowest BCUT2D eigenvalue weighted by Crippen LogP contribution is -2.36. The van der Waals surface area contributed by atoms with Crippen LogP contribution in [0.4, 0.5) is 0 Å². The average molecular weight is 157 g/mol. The predicted octanol–water partition coefficient (Wildman–Crippen LogP) is 0.692. The summed E-state index contributed by atoms with van der Waals surface area (Å²) in [4.78, 5) is 10.8. The maximum atomic E-state index is 10.8. The minimum Gasteiger partial charge on any atom is -0.461 e. The van der Waals surface area contributed by atoms with Crippen molar-refractivity contribution in [1.82, 2.24) is 5.32 Å². The van der Waals surface area contributed by atoms with Gasteiger partial charge in [0.05, 0.1) is 0 Å². The molecule has 0 aromatic heterocycles. The Balaban J connectivity index is 2.19. The fourth-order valence-electron chi connectivity index (χ4n) is 1.19. The second-order valence-corrected chi connectivity index (χ2v) is 2.81. The monoisotopic (exact) mass is 157 g/mol. The molecule has 1 heterocycles. The Morgan fingerprint density at radius 2 is 2.55 bits per heavy atom. The van der Waals surface area contributed by atoms with E-state index in [2.05, 4.69) is 5.32 Å². The molecule has 11 heavy (non-hydrogen) atoms. The van der Waals surface area contributed by atoms with Crippen molar-refractivity contribution in [3.63, 3.8) is 0 Å². The van der Waals surface area contributed by atoms with E-state index in [-0.39, 0.29) is 12.1 Å². The highest BCUT2D eigenvalue weighted by Gasteiger charge is 2.15. The number of nitrogens with one attached hydrogen (secondary N) is 1. The molecule has 1 fully saturated rings. The molecule has 1 aliphatic rings. The van der Waals surface area contributed by atoms with Crippen LogP contribution in [0.3, 0.4) is 0 Å². The zero-order valence-electron chi connectivity index (χ0n) is 6.93. The summed E-state index contributed by atoms with van der Waals surface area (Å²) in [6.45, 7) is 3.70. The van der Waals surface area contributed by atoms with E-state index in [4.69, 9.17) is 4.74 Å². The number of rotatable bonds is 2. The largest absolute Gasteiger partial charge is 0.461 e. The Morgan fingerprint density at radius 1 is 1.73 bits per heavy atom. The smallest absolute Gasteiger partial charge is 0.305 e. The fourth-order valence-corrected chi connectivity index (χ4v) is 1.19. The van der Waals surface area contributed by atoms with Crippen LogP contribution in [0.1, 0.15) is 26.2 Å². The Hall–Kier alpha value is -0.570. The Labute approximate surface area is 67.1 Å². The van der Waals surface area contributed by atoms with Gasteiger partial charge in [0.15, 0.2) is 0 Å². The quantitative estimate of drug-likeness (QED) is 0.599. The molecule has 1 N–H and O–H groups in total. The zero-order valence-corrected chi connectivity index (χ0v) is 6.93. The van der Waals surface area contributed by atoms with Gasteiger partial charge in [-0.05, 0) is 19.4 Å². The van der Waals surface area contributed by atoms with Gasteiger partial charge in [-0.1, -0.05) is 6.92 Å². The summed E-state index contributed by atoms with van der Waals surface area (Å²) < 4.78 is 5.14. The second kappa shape index (κ2) is 4.34. The van der Waals surface area contributed by atoms with Crippen molar-refractivity contribution in [3.8, 4) is 0 Å². The molecule has 3 nitrogen and oxygen atoms in total. The standard InChI is InChI=1S/C8H15NO2/c1-2-8(10)11-7-4-3-5-9-6-7/h7,9H,2-6H2,1H3/t7-/m0/s1. The highest BCUT2D eigenvalue weighted by atomic mass is 16.5. The second-order valence-electron chi connectivity index (χ2n) is 2.81. The minimum atomic E-state index is -0.0845. The summed E-state index contributed by atoms with van der Waals surface area (Å²) >= 11 is 0. The molecule has 0 saturated carbocycles. The third-order valence-corrected chi connectivity index (χ3v) is 1.84. The molecule has 0 unspecified atom stereocenters. The van der Waals surface area contributed by atoms with Gasteiger partial charge in [0.25, 0.3) is 0 Å². The van der Waals surface area contributed by atoms with Gasteiger partial charge in [0.1, 0.15) is 6.10 Å². The molecule has 1 atom stereocenters. The third kappa shape index (κ3) is 2.89.